The molecule has 2 heterocycles. The second kappa shape index (κ2) is 16.5. The van der Waals surface area contributed by atoms with Crippen LogP contribution in [0.1, 0.15) is 75.4 Å². The highest BCUT2D eigenvalue weighted by atomic mass is 32.1. The quantitative estimate of drug-likeness (QED) is 0.159. The molecule has 0 aliphatic heterocycles. The van der Waals surface area contributed by atoms with Gasteiger partial charge in [0.05, 0.1) is 5.41 Å². The average Bonchev–Trinajstić information content (AvgIpc) is 4.06. The molecular formula is C63H49NOS. The molecule has 2 aromatic heterocycles. The first-order valence-corrected chi connectivity index (χ1v) is 24.3. The zero-order valence-electron chi connectivity index (χ0n) is 37.3. The number of anilines is 3. The molecule has 0 amide bonds. The second-order valence-corrected chi connectivity index (χ2v) is 18.4. The summed E-state index contributed by atoms with van der Waals surface area (Å²) in [5.41, 5.74) is 20.4. The van der Waals surface area contributed by atoms with Crippen molar-refractivity contribution in [1.82, 2.24) is 0 Å². The number of benzene rings is 8. The van der Waals surface area contributed by atoms with Gasteiger partial charge in [0.2, 0.25) is 0 Å². The molecule has 2 nitrogen and oxygen atoms in total. The van der Waals surface area contributed by atoms with E-state index in [1.807, 2.05) is 37.3 Å². The fraction of sp³-hybridized carbons (Fsp3) is 0.111. The monoisotopic (exact) mass is 867 g/mol. The van der Waals surface area contributed by atoms with Crippen LogP contribution in [0.5, 0.6) is 0 Å². The van der Waals surface area contributed by atoms with Gasteiger partial charge in [-0.25, -0.2) is 0 Å². The van der Waals surface area contributed by atoms with E-state index >= 15 is 0 Å². The Balaban J connectivity index is 0.00000225. The van der Waals surface area contributed by atoms with Crippen molar-refractivity contribution < 1.29 is 4.42 Å². The van der Waals surface area contributed by atoms with Crippen LogP contribution in [0.2, 0.25) is 0 Å². The number of nitrogens with zero attached hydrogens (tertiary/aromatic N) is 1. The number of hydrogen-bond donors (Lipinski definition) is 0. The fourth-order valence-electron chi connectivity index (χ4n) is 11.0. The molecule has 0 saturated carbocycles. The van der Waals surface area contributed by atoms with Crippen LogP contribution in [0.25, 0.3) is 55.8 Å². The van der Waals surface area contributed by atoms with Gasteiger partial charge >= 0.3 is 0 Å². The molecule has 3 heteroatoms. The molecule has 0 bridgehead atoms. The zero-order chi connectivity index (χ0) is 44.2. The second-order valence-electron chi connectivity index (χ2n) is 17.3. The summed E-state index contributed by atoms with van der Waals surface area (Å²) in [5, 5.41) is 2.27. The van der Waals surface area contributed by atoms with Gasteiger partial charge in [0.15, 0.2) is 0 Å². The van der Waals surface area contributed by atoms with E-state index in [0.29, 0.717) is 0 Å². The van der Waals surface area contributed by atoms with Crippen molar-refractivity contribution in [1.29, 1.82) is 0 Å². The van der Waals surface area contributed by atoms with Crippen LogP contribution >= 0.6 is 11.3 Å². The maximum absolute atomic E-state index is 6.22. The van der Waals surface area contributed by atoms with E-state index < -0.39 is 5.41 Å². The van der Waals surface area contributed by atoms with Crippen LogP contribution in [0.15, 0.2) is 211 Å². The van der Waals surface area contributed by atoms with Crippen LogP contribution in [0.3, 0.4) is 0 Å². The average molecular weight is 868 g/mol. The van der Waals surface area contributed by atoms with Gasteiger partial charge in [-0.05, 0) is 147 Å². The number of aryl methyl sites for hydroxylation is 1. The first-order chi connectivity index (χ1) is 32.7. The van der Waals surface area contributed by atoms with E-state index in [4.69, 9.17) is 4.42 Å². The highest BCUT2D eigenvalue weighted by molar-refractivity contribution is 7.13. The number of thiophene rings is 1. The highest BCUT2D eigenvalue weighted by Gasteiger charge is 2.45. The molecule has 3 aliphatic carbocycles. The molecule has 3 aliphatic rings. The van der Waals surface area contributed by atoms with Crippen LogP contribution in [-0.4, -0.2) is 0 Å². The van der Waals surface area contributed by atoms with Gasteiger partial charge in [0.25, 0.3) is 0 Å². The molecule has 0 atom stereocenters. The molecule has 0 fully saturated rings. The Morgan fingerprint density at radius 1 is 0.500 bits per heavy atom. The van der Waals surface area contributed by atoms with Crippen molar-refractivity contribution in [3.05, 3.63) is 255 Å². The minimum Gasteiger partial charge on any atom is -0.456 e. The van der Waals surface area contributed by atoms with Gasteiger partial charge < -0.3 is 9.32 Å². The summed E-state index contributed by atoms with van der Waals surface area (Å²) in [4.78, 5) is 5.43. The number of para-hydroxylation sites is 1. The standard InChI is InChI=1S/C61H43NOS.C2H6/c1-2-15-43(16-3-1)61(55-24-8-4-18-49(55)50-19-5-9-25-56(50)61)44-31-35-46(36-32-44)62(45-33-28-40(29-34-45)48-22-13-23-53-52-21-7-11-27-59(52)64-60(48)53)47-17-12-14-41(38-47)42-30-37-58-54(39-42)51-20-6-10-26-57(51)63-58;1-2/h1-10,12,14-22,24-26,28-39H,11,13,23,27H2;1-2H3. The van der Waals surface area contributed by atoms with Crippen molar-refractivity contribution in [3.8, 4) is 22.3 Å². The number of fused-ring (bicyclic) bond motifs is 9. The van der Waals surface area contributed by atoms with Crippen LogP contribution in [0, 0.1) is 0 Å². The topological polar surface area (TPSA) is 16.4 Å². The molecule has 0 saturated heterocycles. The molecule has 66 heavy (non-hydrogen) atoms. The minimum absolute atomic E-state index is 0.460. The summed E-state index contributed by atoms with van der Waals surface area (Å²) >= 11 is 2.01. The SMILES string of the molecule is C1=Cc2c(sc3c2CCC=C3c2ccc(N(c3ccc(C4(c5ccccc5)c5ccccc5-c5ccccc54)cc3)c3cccc(-c4ccc5oc6ccccc6c5c4)c3)cc2)CC1.CC. The first-order valence-electron chi connectivity index (χ1n) is 23.5. The van der Waals surface area contributed by atoms with Gasteiger partial charge in [-0.2, -0.15) is 0 Å². The van der Waals surface area contributed by atoms with Crippen molar-refractivity contribution in [2.75, 3.05) is 4.90 Å². The number of furan rings is 1. The summed E-state index contributed by atoms with van der Waals surface area (Å²) < 4.78 is 6.22. The van der Waals surface area contributed by atoms with E-state index in [1.165, 1.54) is 55.0 Å². The molecule has 0 radical (unpaired) electrons. The van der Waals surface area contributed by atoms with Crippen LogP contribution < -0.4 is 4.90 Å². The van der Waals surface area contributed by atoms with Gasteiger partial charge in [-0.1, -0.05) is 172 Å². The van der Waals surface area contributed by atoms with E-state index in [1.54, 1.807) is 10.4 Å². The molecule has 13 rings (SSSR count). The molecule has 8 aromatic carbocycles. The lowest BCUT2D eigenvalue weighted by atomic mass is 9.68. The largest absolute Gasteiger partial charge is 0.456 e. The fourth-order valence-corrected chi connectivity index (χ4v) is 12.4. The molecule has 0 N–H and O–H groups in total. The Morgan fingerprint density at radius 2 is 1.14 bits per heavy atom. The molecular weight excluding hydrogens is 819 g/mol. The maximum Gasteiger partial charge on any atom is 0.135 e. The van der Waals surface area contributed by atoms with Crippen LogP contribution in [0.4, 0.5) is 17.1 Å². The number of hydrogen-bond acceptors (Lipinski definition) is 3. The summed E-state index contributed by atoms with van der Waals surface area (Å²) in [5.74, 6) is 0. The molecule has 318 valence electrons. The van der Waals surface area contributed by atoms with Gasteiger partial charge in [0, 0.05) is 37.6 Å². The van der Waals surface area contributed by atoms with Crippen LogP contribution in [-0.2, 0) is 18.3 Å². The minimum atomic E-state index is -0.460. The summed E-state index contributed by atoms with van der Waals surface area (Å²) in [6, 6.07) is 71.6. The predicted molar refractivity (Wildman–Crippen MR) is 280 cm³/mol. The van der Waals surface area contributed by atoms with Crippen molar-refractivity contribution >= 4 is 62.0 Å². The summed E-state index contributed by atoms with van der Waals surface area (Å²) in [6.07, 6.45) is 11.7. The lowest BCUT2D eigenvalue weighted by Crippen LogP contribution is -2.28. The predicted octanol–water partition coefficient (Wildman–Crippen LogP) is 17.5. The maximum atomic E-state index is 6.22. The third kappa shape index (κ3) is 6.36. The molecule has 10 aromatic rings. The van der Waals surface area contributed by atoms with E-state index in [2.05, 4.69) is 205 Å². The van der Waals surface area contributed by atoms with Gasteiger partial charge in [0.1, 0.15) is 11.2 Å². The first kappa shape index (κ1) is 40.1. The third-order valence-corrected chi connectivity index (χ3v) is 15.2. The normalized spacial score (nSPS) is 14.1. The smallest absolute Gasteiger partial charge is 0.135 e. The Kier molecular flexibility index (Phi) is 10.0. The molecule has 0 unspecified atom stereocenters. The lowest BCUT2D eigenvalue weighted by Gasteiger charge is -2.34. The van der Waals surface area contributed by atoms with E-state index in [-0.39, 0.29) is 0 Å². The lowest BCUT2D eigenvalue weighted by molar-refractivity contribution is 0.669. The van der Waals surface area contributed by atoms with Gasteiger partial charge in [-0.3, -0.25) is 0 Å². The summed E-state index contributed by atoms with van der Waals surface area (Å²) in [6.45, 7) is 4.00. The van der Waals surface area contributed by atoms with Crippen molar-refractivity contribution in [2.45, 2.75) is 44.9 Å². The zero-order valence-corrected chi connectivity index (χ0v) is 38.1. The Hall–Kier alpha value is -7.46. The number of rotatable bonds is 7. The van der Waals surface area contributed by atoms with Crippen molar-refractivity contribution in [3.63, 3.8) is 0 Å². The van der Waals surface area contributed by atoms with E-state index in [0.717, 1.165) is 75.8 Å². The Bertz CT molecular complexity index is 3450. The third-order valence-electron chi connectivity index (χ3n) is 13.9. The number of allylic oxidation sites excluding steroid dienone is 2. The Labute approximate surface area is 391 Å². The van der Waals surface area contributed by atoms with E-state index in [9.17, 15) is 0 Å². The summed E-state index contributed by atoms with van der Waals surface area (Å²) in [7, 11) is 0. The van der Waals surface area contributed by atoms with Gasteiger partial charge in [-0.15, -0.1) is 11.3 Å². The van der Waals surface area contributed by atoms with Crippen molar-refractivity contribution in [2.24, 2.45) is 0 Å². The Morgan fingerprint density at radius 3 is 1.91 bits per heavy atom. The molecule has 0 spiro atoms. The highest BCUT2D eigenvalue weighted by Crippen LogP contribution is 2.56.